The molecule has 0 radical (unpaired) electrons. The molecular weight excluding hydrogens is 286 g/mol. The molecule has 1 aliphatic heterocycles. The predicted molar refractivity (Wildman–Crippen MR) is 79.2 cm³/mol. The summed E-state index contributed by atoms with van der Waals surface area (Å²) in [5, 5.41) is 5.63. The summed E-state index contributed by atoms with van der Waals surface area (Å²) in [6, 6.07) is 12.5. The van der Waals surface area contributed by atoms with Gasteiger partial charge in [0.15, 0.2) is 0 Å². The number of carbonyl (C=O) groups excluding carboxylic acids is 1. The number of amides is 1. The monoisotopic (exact) mass is 300 g/mol. The Morgan fingerprint density at radius 1 is 1.14 bits per heavy atom. The van der Waals surface area contributed by atoms with Crippen molar-refractivity contribution in [1.82, 2.24) is 5.01 Å². The van der Waals surface area contributed by atoms with Crippen LogP contribution in [0.25, 0.3) is 0 Å². The minimum absolute atomic E-state index is 0.208. The van der Waals surface area contributed by atoms with Gasteiger partial charge in [-0.25, -0.2) is 13.8 Å². The zero-order chi connectivity index (χ0) is 15.7. The van der Waals surface area contributed by atoms with Crippen LogP contribution in [-0.2, 0) is 4.79 Å². The van der Waals surface area contributed by atoms with Crippen molar-refractivity contribution in [2.45, 2.75) is 19.4 Å². The van der Waals surface area contributed by atoms with Gasteiger partial charge >= 0.3 is 0 Å². The summed E-state index contributed by atoms with van der Waals surface area (Å²) in [5.74, 6) is -1.52. The first-order valence-corrected chi connectivity index (χ1v) is 6.93. The molecule has 1 heterocycles. The van der Waals surface area contributed by atoms with Gasteiger partial charge in [-0.3, -0.25) is 4.79 Å². The molecule has 2 aromatic rings. The summed E-state index contributed by atoms with van der Waals surface area (Å²) in [4.78, 5) is 11.8. The van der Waals surface area contributed by atoms with Gasteiger partial charge in [-0.05, 0) is 17.7 Å². The van der Waals surface area contributed by atoms with Crippen molar-refractivity contribution in [1.29, 1.82) is 0 Å². The van der Waals surface area contributed by atoms with E-state index in [0.717, 1.165) is 11.6 Å². The maximum atomic E-state index is 13.4. The van der Waals surface area contributed by atoms with Gasteiger partial charge in [0, 0.05) is 25.0 Å². The Balaban J connectivity index is 1.97. The van der Waals surface area contributed by atoms with Crippen molar-refractivity contribution in [2.75, 3.05) is 0 Å². The van der Waals surface area contributed by atoms with Crippen LogP contribution in [0.15, 0.2) is 53.6 Å². The van der Waals surface area contributed by atoms with Crippen LogP contribution < -0.4 is 0 Å². The van der Waals surface area contributed by atoms with Crippen molar-refractivity contribution in [2.24, 2.45) is 5.10 Å². The average Bonchev–Trinajstić information content (AvgIpc) is 2.92. The van der Waals surface area contributed by atoms with E-state index < -0.39 is 11.6 Å². The summed E-state index contributed by atoms with van der Waals surface area (Å²) < 4.78 is 26.8. The van der Waals surface area contributed by atoms with E-state index in [0.29, 0.717) is 17.7 Å². The van der Waals surface area contributed by atoms with Gasteiger partial charge in [0.2, 0.25) is 5.91 Å². The number of hydrogen-bond acceptors (Lipinski definition) is 2. The van der Waals surface area contributed by atoms with Crippen molar-refractivity contribution >= 4 is 11.6 Å². The summed E-state index contributed by atoms with van der Waals surface area (Å²) in [7, 11) is 0. The molecule has 0 spiro atoms. The van der Waals surface area contributed by atoms with Crippen LogP contribution in [0.5, 0.6) is 0 Å². The molecule has 2 aromatic carbocycles. The maximum Gasteiger partial charge on any atom is 0.240 e. The van der Waals surface area contributed by atoms with E-state index in [1.807, 2.05) is 30.3 Å². The zero-order valence-corrected chi connectivity index (χ0v) is 12.0. The Labute approximate surface area is 126 Å². The number of halogens is 2. The Morgan fingerprint density at radius 2 is 1.77 bits per heavy atom. The lowest BCUT2D eigenvalue weighted by Gasteiger charge is -2.20. The number of carbonyl (C=O) groups is 1. The second-order valence-corrected chi connectivity index (χ2v) is 5.20. The number of benzene rings is 2. The minimum atomic E-state index is -0.657. The molecule has 3 nitrogen and oxygen atoms in total. The molecule has 0 bridgehead atoms. The molecule has 1 amide bonds. The standard InChI is InChI=1S/C17H14F2N2O/c1-11(22)21-17(12-5-3-2-4-6-12)10-16(20-21)13-7-14(18)9-15(19)8-13/h2-9,17H,10H2,1H3. The third-order valence-corrected chi connectivity index (χ3v) is 3.61. The van der Waals surface area contributed by atoms with Gasteiger partial charge < -0.3 is 0 Å². The van der Waals surface area contributed by atoms with Crippen LogP contribution in [0, 0.1) is 11.6 Å². The Hall–Kier alpha value is -2.56. The minimum Gasteiger partial charge on any atom is -0.273 e. The van der Waals surface area contributed by atoms with Gasteiger partial charge in [0.1, 0.15) is 11.6 Å². The molecule has 0 fully saturated rings. The lowest BCUT2D eigenvalue weighted by molar-refractivity contribution is -0.130. The van der Waals surface area contributed by atoms with Gasteiger partial charge in [-0.2, -0.15) is 5.10 Å². The summed E-state index contributed by atoms with van der Waals surface area (Å²) in [6.45, 7) is 1.43. The topological polar surface area (TPSA) is 32.7 Å². The van der Waals surface area contributed by atoms with Crippen LogP contribution in [0.4, 0.5) is 8.78 Å². The molecule has 1 unspecified atom stereocenters. The first kappa shape index (κ1) is 14.4. The van der Waals surface area contributed by atoms with E-state index in [9.17, 15) is 13.6 Å². The summed E-state index contributed by atoms with van der Waals surface area (Å²) >= 11 is 0. The van der Waals surface area contributed by atoms with Crippen molar-refractivity contribution < 1.29 is 13.6 Å². The molecule has 0 saturated heterocycles. The molecule has 1 aliphatic rings. The normalized spacial score (nSPS) is 17.5. The van der Waals surface area contributed by atoms with Crippen molar-refractivity contribution in [3.63, 3.8) is 0 Å². The van der Waals surface area contributed by atoms with Crippen molar-refractivity contribution in [3.8, 4) is 0 Å². The molecular formula is C17H14F2N2O. The van der Waals surface area contributed by atoms with Gasteiger partial charge in [-0.15, -0.1) is 0 Å². The van der Waals surface area contributed by atoms with E-state index in [-0.39, 0.29) is 11.9 Å². The molecule has 0 N–H and O–H groups in total. The first-order valence-electron chi connectivity index (χ1n) is 6.93. The van der Waals surface area contributed by atoms with E-state index >= 15 is 0 Å². The second kappa shape index (κ2) is 5.67. The van der Waals surface area contributed by atoms with Crippen LogP contribution >= 0.6 is 0 Å². The quantitative estimate of drug-likeness (QED) is 0.833. The molecule has 3 rings (SSSR count). The van der Waals surface area contributed by atoms with E-state index in [1.165, 1.54) is 24.1 Å². The highest BCUT2D eigenvalue weighted by molar-refractivity contribution is 6.03. The zero-order valence-electron chi connectivity index (χ0n) is 12.0. The fourth-order valence-electron chi connectivity index (χ4n) is 2.63. The van der Waals surface area contributed by atoms with Crippen LogP contribution in [0.2, 0.25) is 0 Å². The number of rotatable bonds is 2. The van der Waals surface area contributed by atoms with Crippen LogP contribution in [0.3, 0.4) is 0 Å². The third kappa shape index (κ3) is 2.74. The molecule has 5 heteroatoms. The molecule has 0 aromatic heterocycles. The number of hydrazone groups is 1. The van der Waals surface area contributed by atoms with Crippen LogP contribution in [0.1, 0.15) is 30.5 Å². The lowest BCUT2D eigenvalue weighted by atomic mass is 9.98. The highest BCUT2D eigenvalue weighted by atomic mass is 19.1. The maximum absolute atomic E-state index is 13.4. The summed E-state index contributed by atoms with van der Waals surface area (Å²) in [5.41, 5.74) is 1.80. The first-order chi connectivity index (χ1) is 10.5. The van der Waals surface area contributed by atoms with Gasteiger partial charge in [0.25, 0.3) is 0 Å². The Bertz CT molecular complexity index is 723. The lowest BCUT2D eigenvalue weighted by Crippen LogP contribution is -2.24. The predicted octanol–water partition coefficient (Wildman–Crippen LogP) is 3.66. The van der Waals surface area contributed by atoms with Crippen LogP contribution in [-0.4, -0.2) is 16.6 Å². The molecule has 1 atom stereocenters. The molecule has 112 valence electrons. The van der Waals surface area contributed by atoms with E-state index in [2.05, 4.69) is 5.10 Å². The molecule has 0 aliphatic carbocycles. The van der Waals surface area contributed by atoms with Gasteiger partial charge in [-0.1, -0.05) is 30.3 Å². The fourth-order valence-corrected chi connectivity index (χ4v) is 2.63. The number of nitrogens with zero attached hydrogens (tertiary/aromatic N) is 2. The highest BCUT2D eigenvalue weighted by Gasteiger charge is 2.31. The summed E-state index contributed by atoms with van der Waals surface area (Å²) in [6.07, 6.45) is 0.423. The molecule has 0 saturated carbocycles. The average molecular weight is 300 g/mol. The van der Waals surface area contributed by atoms with Crippen molar-refractivity contribution in [3.05, 3.63) is 71.3 Å². The van der Waals surface area contributed by atoms with E-state index in [1.54, 1.807) is 0 Å². The Morgan fingerprint density at radius 3 is 2.36 bits per heavy atom. The third-order valence-electron chi connectivity index (χ3n) is 3.61. The van der Waals surface area contributed by atoms with E-state index in [4.69, 9.17) is 0 Å². The Kier molecular flexibility index (Phi) is 3.71. The fraction of sp³-hybridized carbons (Fsp3) is 0.176. The smallest absolute Gasteiger partial charge is 0.240 e. The number of hydrogen-bond donors (Lipinski definition) is 0. The molecule has 22 heavy (non-hydrogen) atoms. The van der Waals surface area contributed by atoms with Gasteiger partial charge in [0.05, 0.1) is 11.8 Å². The SMILES string of the molecule is CC(=O)N1N=C(c2cc(F)cc(F)c2)CC1c1ccccc1. The second-order valence-electron chi connectivity index (χ2n) is 5.20. The largest absolute Gasteiger partial charge is 0.273 e. The highest BCUT2D eigenvalue weighted by Crippen LogP contribution is 2.32.